The molecule has 1 fully saturated rings. The molecule has 0 unspecified atom stereocenters. The molecule has 3 heterocycles. The molecule has 2 aromatic rings. The van der Waals surface area contributed by atoms with Gasteiger partial charge < -0.3 is 9.64 Å². The number of carbonyl (C=O) groups excluding carboxylic acids is 1. The van der Waals surface area contributed by atoms with Gasteiger partial charge in [0, 0.05) is 28.9 Å². The van der Waals surface area contributed by atoms with Crippen LogP contribution < -0.4 is 0 Å². The van der Waals surface area contributed by atoms with E-state index in [4.69, 9.17) is 4.74 Å². The molecule has 120 valence electrons. The van der Waals surface area contributed by atoms with Crippen molar-refractivity contribution >= 4 is 33.2 Å². The van der Waals surface area contributed by atoms with Crippen molar-refractivity contribution < 1.29 is 9.53 Å². The number of nitrogens with zero attached hydrogens (tertiary/aromatic N) is 1. The van der Waals surface area contributed by atoms with Crippen LogP contribution in [0.15, 0.2) is 40.2 Å². The van der Waals surface area contributed by atoms with Gasteiger partial charge in [-0.1, -0.05) is 12.1 Å². The zero-order valence-corrected chi connectivity index (χ0v) is 15.2. The molecule has 23 heavy (non-hydrogen) atoms. The van der Waals surface area contributed by atoms with E-state index >= 15 is 0 Å². The van der Waals surface area contributed by atoms with Gasteiger partial charge in [-0.25, -0.2) is 0 Å². The largest absolute Gasteiger partial charge is 0.370 e. The van der Waals surface area contributed by atoms with Gasteiger partial charge in [-0.05, 0) is 57.9 Å². The summed E-state index contributed by atoms with van der Waals surface area (Å²) in [6, 6.07) is 9.85. The third-order valence-electron chi connectivity index (χ3n) is 4.91. The molecule has 0 atom stereocenters. The molecule has 4 rings (SSSR count). The normalized spacial score (nSPS) is 19.6. The third-order valence-corrected chi connectivity index (χ3v) is 6.58. The van der Waals surface area contributed by atoms with E-state index in [-0.39, 0.29) is 11.5 Å². The van der Waals surface area contributed by atoms with Crippen LogP contribution in [0.1, 0.15) is 33.6 Å². The van der Waals surface area contributed by atoms with Crippen LogP contribution in [-0.4, -0.2) is 30.5 Å². The molecular formula is C18H18BrNO2S. The summed E-state index contributed by atoms with van der Waals surface area (Å²) in [5, 5.41) is 2.17. The zero-order valence-electron chi connectivity index (χ0n) is 12.8. The number of likely N-dealkylation sites (tertiary alicyclic amines) is 1. The van der Waals surface area contributed by atoms with Crippen molar-refractivity contribution in [3.05, 3.63) is 56.2 Å². The van der Waals surface area contributed by atoms with Crippen molar-refractivity contribution in [3.63, 3.8) is 0 Å². The number of hydrogen-bond donors (Lipinski definition) is 0. The fourth-order valence-corrected chi connectivity index (χ4v) is 5.05. The van der Waals surface area contributed by atoms with Gasteiger partial charge >= 0.3 is 0 Å². The Kier molecular flexibility index (Phi) is 4.03. The Morgan fingerprint density at radius 3 is 2.78 bits per heavy atom. The van der Waals surface area contributed by atoms with Crippen LogP contribution in [0, 0.1) is 0 Å². The molecule has 1 saturated heterocycles. The van der Waals surface area contributed by atoms with E-state index in [1.807, 2.05) is 40.5 Å². The smallest absolute Gasteiger partial charge is 0.255 e. The second-order valence-corrected chi connectivity index (χ2v) is 7.98. The number of halogens is 1. The molecule has 2 aliphatic heterocycles. The topological polar surface area (TPSA) is 29.5 Å². The van der Waals surface area contributed by atoms with Gasteiger partial charge in [0.05, 0.1) is 17.8 Å². The van der Waals surface area contributed by atoms with E-state index < -0.39 is 0 Å². The first-order chi connectivity index (χ1) is 11.2. The van der Waals surface area contributed by atoms with E-state index in [0.29, 0.717) is 0 Å². The van der Waals surface area contributed by atoms with Gasteiger partial charge in [-0.2, -0.15) is 0 Å². The maximum absolute atomic E-state index is 12.7. The van der Waals surface area contributed by atoms with Crippen LogP contribution in [0.5, 0.6) is 0 Å². The van der Waals surface area contributed by atoms with Crippen LogP contribution in [-0.2, 0) is 16.8 Å². The Morgan fingerprint density at radius 2 is 2.00 bits per heavy atom. The van der Waals surface area contributed by atoms with Crippen molar-refractivity contribution in [2.75, 3.05) is 19.7 Å². The Hall–Kier alpha value is -1.17. The molecule has 0 bridgehead atoms. The Labute approximate surface area is 148 Å². The molecule has 0 N–H and O–H groups in total. The predicted octanol–water partition coefficient (Wildman–Crippen LogP) is 4.21. The second-order valence-electron chi connectivity index (χ2n) is 6.12. The fourth-order valence-electron chi connectivity index (χ4n) is 3.65. The molecule has 0 radical (unpaired) electrons. The number of amides is 1. The van der Waals surface area contributed by atoms with Gasteiger partial charge in [0.25, 0.3) is 5.91 Å². The summed E-state index contributed by atoms with van der Waals surface area (Å²) >= 11 is 5.31. The number of piperidine rings is 1. The lowest BCUT2D eigenvalue weighted by Crippen LogP contribution is -2.48. The van der Waals surface area contributed by atoms with Crippen LogP contribution in [0.4, 0.5) is 0 Å². The van der Waals surface area contributed by atoms with E-state index in [0.717, 1.165) is 49.0 Å². The first-order valence-corrected chi connectivity index (χ1v) is 9.61. The molecule has 1 aromatic heterocycles. The summed E-state index contributed by atoms with van der Waals surface area (Å²) in [7, 11) is 0. The number of fused-ring (bicyclic) bond motifs is 2. The molecule has 0 saturated carbocycles. The molecule has 1 amide bonds. The summed E-state index contributed by atoms with van der Waals surface area (Å²) in [4.78, 5) is 16.2. The second kappa shape index (κ2) is 6.04. The summed E-state index contributed by atoms with van der Waals surface area (Å²) in [5.41, 5.74) is 1.93. The minimum atomic E-state index is -0.168. The van der Waals surface area contributed by atoms with Crippen molar-refractivity contribution in [3.8, 4) is 0 Å². The van der Waals surface area contributed by atoms with Crippen LogP contribution in [0.2, 0.25) is 0 Å². The molecule has 3 nitrogen and oxygen atoms in total. The van der Waals surface area contributed by atoms with Crippen molar-refractivity contribution in [1.29, 1.82) is 0 Å². The standard InChI is InChI=1S/C18H18BrNO2S/c19-15-4-2-1-3-13(15)17(21)20-9-7-18(8-10-20)14-6-12-23-16(14)5-11-22-18/h1-4,6,12H,5,7-11H2. The number of rotatable bonds is 1. The lowest BCUT2D eigenvalue weighted by molar-refractivity contribution is -0.0926. The molecular weight excluding hydrogens is 374 g/mol. The molecule has 5 heteroatoms. The van der Waals surface area contributed by atoms with Gasteiger partial charge in [0.1, 0.15) is 0 Å². The highest BCUT2D eigenvalue weighted by atomic mass is 79.9. The Balaban J connectivity index is 1.52. The van der Waals surface area contributed by atoms with Gasteiger partial charge in [0.2, 0.25) is 0 Å². The summed E-state index contributed by atoms with van der Waals surface area (Å²) in [5.74, 6) is 0.105. The van der Waals surface area contributed by atoms with Crippen molar-refractivity contribution in [2.45, 2.75) is 24.9 Å². The number of benzene rings is 1. The average Bonchev–Trinajstić information content (AvgIpc) is 3.06. The van der Waals surface area contributed by atoms with E-state index in [1.54, 1.807) is 0 Å². The summed E-state index contributed by atoms with van der Waals surface area (Å²) in [6.07, 6.45) is 2.79. The average molecular weight is 392 g/mol. The zero-order chi connectivity index (χ0) is 15.9. The van der Waals surface area contributed by atoms with Crippen LogP contribution in [0.25, 0.3) is 0 Å². The Morgan fingerprint density at radius 1 is 1.22 bits per heavy atom. The molecule has 0 aliphatic carbocycles. The van der Waals surface area contributed by atoms with Crippen molar-refractivity contribution in [1.82, 2.24) is 4.90 Å². The molecule has 1 spiro atoms. The summed E-state index contributed by atoms with van der Waals surface area (Å²) in [6.45, 7) is 2.29. The number of ether oxygens (including phenoxy) is 1. The number of hydrogen-bond acceptors (Lipinski definition) is 3. The highest BCUT2D eigenvalue weighted by Gasteiger charge is 2.42. The van der Waals surface area contributed by atoms with Crippen LogP contribution in [0.3, 0.4) is 0 Å². The molecule has 2 aliphatic rings. The van der Waals surface area contributed by atoms with Gasteiger partial charge in [-0.3, -0.25) is 4.79 Å². The quantitative estimate of drug-likeness (QED) is 0.728. The van der Waals surface area contributed by atoms with Gasteiger partial charge in [-0.15, -0.1) is 11.3 Å². The number of carbonyl (C=O) groups is 1. The summed E-state index contributed by atoms with van der Waals surface area (Å²) < 4.78 is 7.07. The van der Waals surface area contributed by atoms with E-state index in [9.17, 15) is 4.79 Å². The molecule has 1 aromatic carbocycles. The maximum Gasteiger partial charge on any atom is 0.255 e. The SMILES string of the molecule is O=C(c1ccccc1Br)N1CCC2(CC1)OCCc1sccc12. The lowest BCUT2D eigenvalue weighted by Gasteiger charge is -2.44. The monoisotopic (exact) mass is 391 g/mol. The number of thiophene rings is 1. The van der Waals surface area contributed by atoms with E-state index in [1.165, 1.54) is 10.4 Å². The van der Waals surface area contributed by atoms with Crippen LogP contribution >= 0.6 is 27.3 Å². The highest BCUT2D eigenvalue weighted by molar-refractivity contribution is 9.10. The third kappa shape index (κ3) is 2.65. The highest BCUT2D eigenvalue weighted by Crippen LogP contribution is 2.43. The minimum absolute atomic E-state index is 0.105. The maximum atomic E-state index is 12.7. The van der Waals surface area contributed by atoms with E-state index in [2.05, 4.69) is 27.4 Å². The first kappa shape index (κ1) is 15.4. The first-order valence-electron chi connectivity index (χ1n) is 7.94. The Bertz CT molecular complexity index is 734. The minimum Gasteiger partial charge on any atom is -0.370 e. The predicted molar refractivity (Wildman–Crippen MR) is 94.9 cm³/mol. The van der Waals surface area contributed by atoms with Crippen molar-refractivity contribution in [2.24, 2.45) is 0 Å². The van der Waals surface area contributed by atoms with Gasteiger partial charge in [0.15, 0.2) is 0 Å². The fraction of sp³-hybridized carbons (Fsp3) is 0.389. The lowest BCUT2D eigenvalue weighted by atomic mass is 9.82.